The predicted octanol–water partition coefficient (Wildman–Crippen LogP) is 2.25. The average molecular weight is 292 g/mol. The fraction of sp³-hybridized carbons (Fsp3) is 0.364. The van der Waals surface area contributed by atoms with Crippen molar-refractivity contribution < 1.29 is 18.3 Å². The Labute approximate surface area is 111 Å². The second kappa shape index (κ2) is 6.06. The standard InChI is InChI=1S/C11H14ClNO4S/c1-8-4-5-9(12)7-10(8)13-18(16,17)6-2-3-11(14)15/h4-5,7,13H,2-3,6H2,1H3,(H,14,15). The highest BCUT2D eigenvalue weighted by Gasteiger charge is 2.12. The van der Waals surface area contributed by atoms with E-state index in [1.165, 1.54) is 6.07 Å². The van der Waals surface area contributed by atoms with Gasteiger partial charge >= 0.3 is 5.97 Å². The van der Waals surface area contributed by atoms with Crippen LogP contribution in [0.15, 0.2) is 18.2 Å². The van der Waals surface area contributed by atoms with Gasteiger partial charge in [-0.2, -0.15) is 0 Å². The van der Waals surface area contributed by atoms with Gasteiger partial charge < -0.3 is 5.11 Å². The highest BCUT2D eigenvalue weighted by atomic mass is 35.5. The van der Waals surface area contributed by atoms with E-state index < -0.39 is 16.0 Å². The third-order valence-electron chi connectivity index (χ3n) is 2.27. The highest BCUT2D eigenvalue weighted by molar-refractivity contribution is 7.92. The lowest BCUT2D eigenvalue weighted by atomic mass is 10.2. The number of rotatable bonds is 6. The molecule has 0 amide bonds. The van der Waals surface area contributed by atoms with Crippen LogP contribution in [0.5, 0.6) is 0 Å². The Balaban J connectivity index is 2.70. The number of aryl methyl sites for hydroxylation is 1. The van der Waals surface area contributed by atoms with Crippen molar-refractivity contribution in [3.05, 3.63) is 28.8 Å². The van der Waals surface area contributed by atoms with Gasteiger partial charge in [-0.1, -0.05) is 17.7 Å². The monoisotopic (exact) mass is 291 g/mol. The second-order valence-corrected chi connectivity index (χ2v) is 6.16. The second-order valence-electron chi connectivity index (χ2n) is 3.88. The Morgan fingerprint density at radius 1 is 1.44 bits per heavy atom. The summed E-state index contributed by atoms with van der Waals surface area (Å²) in [4.78, 5) is 10.3. The molecule has 0 aliphatic carbocycles. The van der Waals surface area contributed by atoms with Crippen molar-refractivity contribution in [2.75, 3.05) is 10.5 Å². The molecule has 0 aliphatic heterocycles. The minimum atomic E-state index is -3.54. The van der Waals surface area contributed by atoms with Gasteiger partial charge in [-0.3, -0.25) is 9.52 Å². The number of nitrogens with one attached hydrogen (secondary N) is 1. The minimum Gasteiger partial charge on any atom is -0.481 e. The first-order valence-corrected chi connectivity index (χ1v) is 7.31. The third-order valence-corrected chi connectivity index (χ3v) is 3.86. The third kappa shape index (κ3) is 4.93. The van der Waals surface area contributed by atoms with Crippen LogP contribution in [-0.2, 0) is 14.8 Å². The van der Waals surface area contributed by atoms with Crippen LogP contribution in [0.3, 0.4) is 0 Å². The van der Waals surface area contributed by atoms with Crippen molar-refractivity contribution in [3.8, 4) is 0 Å². The first-order valence-electron chi connectivity index (χ1n) is 5.28. The first kappa shape index (κ1) is 14.8. The zero-order valence-electron chi connectivity index (χ0n) is 9.81. The van der Waals surface area contributed by atoms with Crippen molar-refractivity contribution in [1.82, 2.24) is 0 Å². The number of anilines is 1. The molecule has 100 valence electrons. The van der Waals surface area contributed by atoms with E-state index in [0.717, 1.165) is 5.56 Å². The lowest BCUT2D eigenvalue weighted by Gasteiger charge is -2.10. The molecule has 0 bridgehead atoms. The zero-order chi connectivity index (χ0) is 13.8. The lowest BCUT2D eigenvalue weighted by Crippen LogP contribution is -2.18. The average Bonchev–Trinajstić information content (AvgIpc) is 2.22. The number of hydrogen-bond acceptors (Lipinski definition) is 3. The van der Waals surface area contributed by atoms with Crippen molar-refractivity contribution in [2.45, 2.75) is 19.8 Å². The van der Waals surface area contributed by atoms with Gasteiger partial charge in [-0.05, 0) is 31.0 Å². The minimum absolute atomic E-state index is 0.0737. The van der Waals surface area contributed by atoms with Crippen molar-refractivity contribution in [3.63, 3.8) is 0 Å². The summed E-state index contributed by atoms with van der Waals surface area (Å²) < 4.78 is 25.8. The Kier molecular flexibility index (Phi) is 4.98. The first-order chi connectivity index (χ1) is 8.30. The van der Waals surface area contributed by atoms with Gasteiger partial charge in [0.25, 0.3) is 0 Å². The van der Waals surface area contributed by atoms with Gasteiger partial charge in [0.2, 0.25) is 10.0 Å². The molecular weight excluding hydrogens is 278 g/mol. The number of carbonyl (C=O) groups is 1. The van der Waals surface area contributed by atoms with E-state index in [9.17, 15) is 13.2 Å². The molecule has 0 spiro atoms. The molecule has 1 aromatic carbocycles. The van der Waals surface area contributed by atoms with Crippen LogP contribution in [0.4, 0.5) is 5.69 Å². The molecular formula is C11H14ClNO4S. The van der Waals surface area contributed by atoms with E-state index in [1.54, 1.807) is 19.1 Å². The lowest BCUT2D eigenvalue weighted by molar-refractivity contribution is -0.137. The van der Waals surface area contributed by atoms with Crippen LogP contribution in [0.2, 0.25) is 5.02 Å². The largest absolute Gasteiger partial charge is 0.481 e. The molecule has 7 heteroatoms. The maximum Gasteiger partial charge on any atom is 0.303 e. The Morgan fingerprint density at radius 2 is 2.11 bits per heavy atom. The molecule has 0 radical (unpaired) electrons. The van der Waals surface area contributed by atoms with E-state index in [0.29, 0.717) is 10.7 Å². The number of carboxylic acids is 1. The molecule has 0 saturated heterocycles. The maximum atomic E-state index is 11.7. The molecule has 0 unspecified atom stereocenters. The van der Waals surface area contributed by atoms with Crippen LogP contribution in [0.1, 0.15) is 18.4 Å². The Morgan fingerprint density at radius 3 is 2.72 bits per heavy atom. The Hall–Kier alpha value is -1.27. The van der Waals surface area contributed by atoms with E-state index in [-0.39, 0.29) is 18.6 Å². The zero-order valence-corrected chi connectivity index (χ0v) is 11.4. The molecule has 0 fully saturated rings. The van der Waals surface area contributed by atoms with Gasteiger partial charge in [0.1, 0.15) is 0 Å². The molecule has 2 N–H and O–H groups in total. The SMILES string of the molecule is Cc1ccc(Cl)cc1NS(=O)(=O)CCCC(=O)O. The highest BCUT2D eigenvalue weighted by Crippen LogP contribution is 2.21. The number of halogens is 1. The van der Waals surface area contributed by atoms with Crippen molar-refractivity contribution >= 4 is 33.3 Å². The van der Waals surface area contributed by atoms with Gasteiger partial charge in [0.15, 0.2) is 0 Å². The topological polar surface area (TPSA) is 83.5 Å². The molecule has 18 heavy (non-hydrogen) atoms. The number of benzene rings is 1. The van der Waals surface area contributed by atoms with Crippen molar-refractivity contribution in [2.24, 2.45) is 0 Å². The summed E-state index contributed by atoms with van der Waals surface area (Å²) in [6.45, 7) is 1.76. The summed E-state index contributed by atoms with van der Waals surface area (Å²) >= 11 is 5.78. The summed E-state index contributed by atoms with van der Waals surface area (Å²) in [5.41, 5.74) is 1.17. The normalized spacial score (nSPS) is 11.2. The molecule has 0 atom stereocenters. The molecule has 0 aliphatic rings. The number of sulfonamides is 1. The summed E-state index contributed by atoms with van der Waals surface area (Å²) in [5, 5.41) is 8.88. The molecule has 0 aromatic heterocycles. The van der Waals surface area contributed by atoms with Gasteiger partial charge in [0.05, 0.1) is 11.4 Å². The molecule has 1 rings (SSSR count). The number of carboxylic acid groups (broad SMARTS) is 1. The van der Waals surface area contributed by atoms with Crippen LogP contribution < -0.4 is 4.72 Å². The summed E-state index contributed by atoms with van der Waals surface area (Å²) in [5.74, 6) is -1.24. The molecule has 0 saturated carbocycles. The Bertz CT molecular complexity index is 542. The van der Waals surface area contributed by atoms with Gasteiger partial charge in [-0.25, -0.2) is 8.42 Å². The van der Waals surface area contributed by atoms with Gasteiger partial charge in [-0.15, -0.1) is 0 Å². The predicted molar refractivity (Wildman–Crippen MR) is 70.5 cm³/mol. The number of hydrogen-bond donors (Lipinski definition) is 2. The summed E-state index contributed by atoms with van der Waals surface area (Å²) in [7, 11) is -3.54. The van der Waals surface area contributed by atoms with E-state index in [4.69, 9.17) is 16.7 Å². The molecule has 1 aromatic rings. The maximum absolute atomic E-state index is 11.7. The van der Waals surface area contributed by atoms with Crippen LogP contribution in [-0.4, -0.2) is 25.2 Å². The van der Waals surface area contributed by atoms with E-state index in [1.807, 2.05) is 0 Å². The molecule has 0 heterocycles. The molecule has 5 nitrogen and oxygen atoms in total. The summed E-state index contributed by atoms with van der Waals surface area (Å²) in [6.07, 6.45) is -0.0975. The summed E-state index contributed by atoms with van der Waals surface area (Å²) in [6, 6.07) is 4.89. The number of aliphatic carboxylic acids is 1. The van der Waals surface area contributed by atoms with E-state index >= 15 is 0 Å². The van der Waals surface area contributed by atoms with Gasteiger partial charge in [0, 0.05) is 11.4 Å². The van der Waals surface area contributed by atoms with Crippen molar-refractivity contribution in [1.29, 1.82) is 0 Å². The smallest absolute Gasteiger partial charge is 0.303 e. The van der Waals surface area contributed by atoms with Crippen LogP contribution in [0.25, 0.3) is 0 Å². The van der Waals surface area contributed by atoms with E-state index in [2.05, 4.69) is 4.72 Å². The quantitative estimate of drug-likeness (QED) is 0.842. The fourth-order valence-electron chi connectivity index (χ4n) is 1.34. The van der Waals surface area contributed by atoms with Crippen LogP contribution >= 0.6 is 11.6 Å². The fourth-order valence-corrected chi connectivity index (χ4v) is 2.69. The van der Waals surface area contributed by atoms with Crippen LogP contribution in [0, 0.1) is 6.92 Å².